The van der Waals surface area contributed by atoms with E-state index in [1.165, 1.54) is 12.1 Å². The van der Waals surface area contributed by atoms with Gasteiger partial charge in [0, 0.05) is 19.2 Å². The van der Waals surface area contributed by atoms with Crippen LogP contribution in [0.1, 0.15) is 6.92 Å². The molecule has 0 radical (unpaired) electrons. The highest BCUT2D eigenvalue weighted by atomic mass is 16.6. The summed E-state index contributed by atoms with van der Waals surface area (Å²) in [6, 6.07) is 3.47. The molecule has 0 unspecified atom stereocenters. The van der Waals surface area contributed by atoms with Crippen LogP contribution >= 0.6 is 0 Å². The molecular formula is C10H13N3O5. The maximum absolute atomic E-state index is 10.9. The molecule has 0 atom stereocenters. The minimum Gasteiger partial charge on any atom is -0.395 e. The Labute approximate surface area is 103 Å². The van der Waals surface area contributed by atoms with Crippen molar-refractivity contribution in [3.8, 4) is 0 Å². The van der Waals surface area contributed by atoms with Crippen molar-refractivity contribution < 1.29 is 15.0 Å². The number of nitro benzene ring substituents is 2. The van der Waals surface area contributed by atoms with E-state index >= 15 is 0 Å². The first-order valence-corrected chi connectivity index (χ1v) is 5.29. The summed E-state index contributed by atoms with van der Waals surface area (Å²) in [6.45, 7) is 2.32. The van der Waals surface area contributed by atoms with Crippen LogP contribution in [0.15, 0.2) is 18.2 Å². The molecule has 0 amide bonds. The van der Waals surface area contributed by atoms with Crippen LogP contribution in [0.4, 0.5) is 17.1 Å². The van der Waals surface area contributed by atoms with Crippen molar-refractivity contribution in [2.24, 2.45) is 0 Å². The lowest BCUT2D eigenvalue weighted by atomic mass is 10.2. The third kappa shape index (κ3) is 2.92. The number of nitrogens with zero attached hydrogens (tertiary/aromatic N) is 3. The fourth-order valence-electron chi connectivity index (χ4n) is 1.61. The van der Waals surface area contributed by atoms with Crippen LogP contribution in [0, 0.1) is 20.2 Å². The number of hydrogen-bond donors (Lipinski definition) is 1. The predicted molar refractivity (Wildman–Crippen MR) is 64.7 cm³/mol. The van der Waals surface area contributed by atoms with Gasteiger partial charge in [-0.15, -0.1) is 0 Å². The van der Waals surface area contributed by atoms with Crippen LogP contribution in [0.2, 0.25) is 0 Å². The Bertz CT molecular complexity index is 463. The zero-order valence-electron chi connectivity index (χ0n) is 9.78. The van der Waals surface area contributed by atoms with Gasteiger partial charge in [-0.25, -0.2) is 0 Å². The highest BCUT2D eigenvalue weighted by Crippen LogP contribution is 2.31. The van der Waals surface area contributed by atoms with E-state index in [0.29, 0.717) is 6.54 Å². The first-order valence-electron chi connectivity index (χ1n) is 5.29. The van der Waals surface area contributed by atoms with E-state index in [1.54, 1.807) is 11.8 Å². The van der Waals surface area contributed by atoms with Crippen molar-refractivity contribution in [2.75, 3.05) is 24.6 Å². The lowest BCUT2D eigenvalue weighted by molar-refractivity contribution is -0.393. The average Bonchev–Trinajstić information content (AvgIpc) is 2.35. The lowest BCUT2D eigenvalue weighted by Crippen LogP contribution is -2.26. The van der Waals surface area contributed by atoms with E-state index in [0.717, 1.165) is 6.07 Å². The Kier molecular flexibility index (Phi) is 4.55. The van der Waals surface area contributed by atoms with Crippen molar-refractivity contribution in [3.05, 3.63) is 38.4 Å². The molecule has 0 bridgehead atoms. The van der Waals surface area contributed by atoms with Gasteiger partial charge < -0.3 is 10.0 Å². The molecule has 1 rings (SSSR count). The normalized spacial score (nSPS) is 10.1. The maximum Gasteiger partial charge on any atom is 0.299 e. The number of aliphatic hydroxyl groups excluding tert-OH is 1. The molecule has 1 N–H and O–H groups in total. The molecule has 1 aromatic carbocycles. The van der Waals surface area contributed by atoms with Gasteiger partial charge in [-0.1, -0.05) is 0 Å². The molecular weight excluding hydrogens is 242 g/mol. The second-order valence-electron chi connectivity index (χ2n) is 3.49. The number of likely N-dealkylation sites (N-methyl/N-ethyl adjacent to an activating group) is 1. The Balaban J connectivity index is 3.26. The molecule has 0 heterocycles. The van der Waals surface area contributed by atoms with Gasteiger partial charge in [0.15, 0.2) is 0 Å². The minimum atomic E-state index is -0.681. The van der Waals surface area contributed by atoms with Crippen LogP contribution in [-0.4, -0.2) is 34.6 Å². The molecule has 8 nitrogen and oxygen atoms in total. The zero-order chi connectivity index (χ0) is 13.7. The van der Waals surface area contributed by atoms with Crippen LogP contribution in [-0.2, 0) is 0 Å². The molecule has 0 saturated carbocycles. The highest BCUT2D eigenvalue weighted by Gasteiger charge is 2.22. The SMILES string of the molecule is CCN(CCO)c1ccc([N+](=O)[O-])cc1[N+](=O)[O-]. The number of anilines is 1. The van der Waals surface area contributed by atoms with Crippen molar-refractivity contribution in [2.45, 2.75) is 6.92 Å². The first-order chi connectivity index (χ1) is 8.51. The third-order valence-electron chi connectivity index (χ3n) is 2.46. The van der Waals surface area contributed by atoms with E-state index in [4.69, 9.17) is 5.11 Å². The number of benzene rings is 1. The molecule has 98 valence electrons. The molecule has 1 aromatic rings. The van der Waals surface area contributed by atoms with Crippen molar-refractivity contribution >= 4 is 17.1 Å². The lowest BCUT2D eigenvalue weighted by Gasteiger charge is -2.21. The molecule has 0 aromatic heterocycles. The fourth-order valence-corrected chi connectivity index (χ4v) is 1.61. The predicted octanol–water partition coefficient (Wildman–Crippen LogP) is 1.32. The molecule has 18 heavy (non-hydrogen) atoms. The van der Waals surface area contributed by atoms with E-state index < -0.39 is 9.85 Å². The molecule has 0 aliphatic carbocycles. The topological polar surface area (TPSA) is 110 Å². The summed E-state index contributed by atoms with van der Waals surface area (Å²) >= 11 is 0. The number of non-ortho nitro benzene ring substituents is 1. The fraction of sp³-hybridized carbons (Fsp3) is 0.400. The van der Waals surface area contributed by atoms with E-state index in [9.17, 15) is 20.2 Å². The number of rotatable bonds is 6. The van der Waals surface area contributed by atoms with E-state index in [2.05, 4.69) is 0 Å². The summed E-state index contributed by atoms with van der Waals surface area (Å²) in [5, 5.41) is 30.4. The van der Waals surface area contributed by atoms with Crippen molar-refractivity contribution in [1.82, 2.24) is 0 Å². The zero-order valence-corrected chi connectivity index (χ0v) is 9.78. The van der Waals surface area contributed by atoms with Gasteiger partial charge in [0.1, 0.15) is 5.69 Å². The number of aliphatic hydroxyl groups is 1. The van der Waals surface area contributed by atoms with Gasteiger partial charge in [0.2, 0.25) is 0 Å². The Morgan fingerprint density at radius 1 is 1.28 bits per heavy atom. The molecule has 0 aliphatic rings. The Morgan fingerprint density at radius 2 is 1.94 bits per heavy atom. The van der Waals surface area contributed by atoms with Crippen LogP contribution in [0.25, 0.3) is 0 Å². The smallest absolute Gasteiger partial charge is 0.299 e. The largest absolute Gasteiger partial charge is 0.395 e. The van der Waals surface area contributed by atoms with Gasteiger partial charge >= 0.3 is 0 Å². The summed E-state index contributed by atoms with van der Waals surface area (Å²) in [7, 11) is 0. The third-order valence-corrected chi connectivity index (χ3v) is 2.46. The van der Waals surface area contributed by atoms with Crippen LogP contribution in [0.3, 0.4) is 0 Å². The molecule has 0 aliphatic heterocycles. The van der Waals surface area contributed by atoms with Crippen molar-refractivity contribution in [1.29, 1.82) is 0 Å². The highest BCUT2D eigenvalue weighted by molar-refractivity contribution is 5.66. The number of nitro groups is 2. The summed E-state index contributed by atoms with van der Waals surface area (Å²) in [5.74, 6) is 0. The molecule has 8 heteroatoms. The first kappa shape index (κ1) is 13.8. The van der Waals surface area contributed by atoms with Gasteiger partial charge in [0.25, 0.3) is 11.4 Å². The Hall–Kier alpha value is -2.22. The summed E-state index contributed by atoms with van der Waals surface area (Å²) in [6.07, 6.45) is 0. The monoisotopic (exact) mass is 255 g/mol. The summed E-state index contributed by atoms with van der Waals surface area (Å²) in [4.78, 5) is 21.7. The minimum absolute atomic E-state index is 0.151. The summed E-state index contributed by atoms with van der Waals surface area (Å²) in [5.41, 5.74) is -0.396. The van der Waals surface area contributed by atoms with Gasteiger partial charge in [0.05, 0.1) is 22.5 Å². The summed E-state index contributed by atoms with van der Waals surface area (Å²) < 4.78 is 0. The van der Waals surface area contributed by atoms with Gasteiger partial charge in [-0.2, -0.15) is 0 Å². The standard InChI is InChI=1S/C10H13N3O5/c1-2-11(5-6-14)9-4-3-8(12(15)16)7-10(9)13(17)18/h3-4,7,14H,2,5-6H2,1H3. The number of hydrogen-bond acceptors (Lipinski definition) is 6. The molecule has 0 saturated heterocycles. The average molecular weight is 255 g/mol. The van der Waals surface area contributed by atoms with E-state index in [1.807, 2.05) is 0 Å². The molecule has 0 spiro atoms. The Morgan fingerprint density at radius 3 is 2.39 bits per heavy atom. The van der Waals surface area contributed by atoms with Crippen LogP contribution < -0.4 is 4.90 Å². The van der Waals surface area contributed by atoms with Gasteiger partial charge in [-0.05, 0) is 13.0 Å². The van der Waals surface area contributed by atoms with Crippen molar-refractivity contribution in [3.63, 3.8) is 0 Å². The van der Waals surface area contributed by atoms with Gasteiger partial charge in [-0.3, -0.25) is 20.2 Å². The second kappa shape index (κ2) is 5.92. The maximum atomic E-state index is 10.9. The van der Waals surface area contributed by atoms with E-state index in [-0.39, 0.29) is 30.2 Å². The molecule has 0 fully saturated rings. The van der Waals surface area contributed by atoms with Crippen LogP contribution in [0.5, 0.6) is 0 Å². The second-order valence-corrected chi connectivity index (χ2v) is 3.49. The quantitative estimate of drug-likeness (QED) is 0.606.